The Bertz CT molecular complexity index is 340. The van der Waals surface area contributed by atoms with Crippen LogP contribution in [0.15, 0.2) is 15.9 Å². The van der Waals surface area contributed by atoms with Crippen LogP contribution < -0.4 is 5.32 Å². The molecule has 1 aromatic heterocycles. The van der Waals surface area contributed by atoms with E-state index in [1.54, 1.807) is 11.3 Å². The number of thiophene rings is 1. The van der Waals surface area contributed by atoms with Crippen LogP contribution in [0.4, 0.5) is 0 Å². The predicted molar refractivity (Wildman–Crippen MR) is 69.6 cm³/mol. The number of ether oxygens (including phenoxy) is 1. The van der Waals surface area contributed by atoms with E-state index in [0.29, 0.717) is 13.2 Å². The molecule has 0 saturated heterocycles. The van der Waals surface area contributed by atoms with Crippen LogP contribution in [-0.4, -0.2) is 18.6 Å². The van der Waals surface area contributed by atoms with Crippen LogP contribution in [0.1, 0.15) is 25.1 Å². The number of esters is 1. The van der Waals surface area contributed by atoms with Crippen LogP contribution in [-0.2, 0) is 16.1 Å². The second kappa shape index (κ2) is 7.04. The SMILES string of the molecule is CCOC(=O)C(CC)NCc1sccc1Br. The van der Waals surface area contributed by atoms with Crippen molar-refractivity contribution in [3.05, 3.63) is 20.8 Å². The van der Waals surface area contributed by atoms with Crippen molar-refractivity contribution in [2.24, 2.45) is 0 Å². The van der Waals surface area contributed by atoms with E-state index in [0.717, 1.165) is 10.9 Å². The molecule has 3 nitrogen and oxygen atoms in total. The molecule has 0 amide bonds. The van der Waals surface area contributed by atoms with Crippen molar-refractivity contribution in [1.82, 2.24) is 5.32 Å². The molecule has 1 heterocycles. The van der Waals surface area contributed by atoms with Crippen LogP contribution in [0.3, 0.4) is 0 Å². The van der Waals surface area contributed by atoms with Gasteiger partial charge in [0.2, 0.25) is 0 Å². The Kier molecular flexibility index (Phi) is 6.01. The Balaban J connectivity index is 2.46. The zero-order chi connectivity index (χ0) is 12.0. The summed E-state index contributed by atoms with van der Waals surface area (Å²) in [6, 6.07) is 1.79. The molecule has 0 aliphatic heterocycles. The van der Waals surface area contributed by atoms with Gasteiger partial charge < -0.3 is 4.74 Å². The lowest BCUT2D eigenvalue weighted by molar-refractivity contribution is -0.145. The summed E-state index contributed by atoms with van der Waals surface area (Å²) in [7, 11) is 0. The standard InChI is InChI=1S/C11H16BrNO2S/c1-3-9(11(14)15-4-2)13-7-10-8(12)5-6-16-10/h5-6,9,13H,3-4,7H2,1-2H3. The number of nitrogens with one attached hydrogen (secondary N) is 1. The highest BCUT2D eigenvalue weighted by atomic mass is 79.9. The Morgan fingerprint density at radius 1 is 1.62 bits per heavy atom. The highest BCUT2D eigenvalue weighted by Crippen LogP contribution is 2.22. The molecule has 0 fully saturated rings. The van der Waals surface area contributed by atoms with E-state index < -0.39 is 0 Å². The van der Waals surface area contributed by atoms with Gasteiger partial charge in [-0.1, -0.05) is 6.92 Å². The summed E-state index contributed by atoms with van der Waals surface area (Å²) in [5.74, 6) is -0.169. The van der Waals surface area contributed by atoms with E-state index in [1.165, 1.54) is 4.88 Å². The molecule has 0 saturated carbocycles. The van der Waals surface area contributed by atoms with Gasteiger partial charge in [0.05, 0.1) is 6.61 Å². The summed E-state index contributed by atoms with van der Waals surface area (Å²) in [5.41, 5.74) is 0. The van der Waals surface area contributed by atoms with E-state index in [9.17, 15) is 4.79 Å². The van der Waals surface area contributed by atoms with Gasteiger partial charge in [0.15, 0.2) is 0 Å². The van der Waals surface area contributed by atoms with Crippen LogP contribution >= 0.6 is 27.3 Å². The second-order valence-corrected chi connectivity index (χ2v) is 5.14. The maximum atomic E-state index is 11.5. The smallest absolute Gasteiger partial charge is 0.323 e. The van der Waals surface area contributed by atoms with Crippen molar-refractivity contribution in [2.75, 3.05) is 6.61 Å². The Hall–Kier alpha value is -0.390. The quantitative estimate of drug-likeness (QED) is 0.821. The topological polar surface area (TPSA) is 38.3 Å². The van der Waals surface area contributed by atoms with Gasteiger partial charge >= 0.3 is 5.97 Å². The van der Waals surface area contributed by atoms with Crippen molar-refractivity contribution < 1.29 is 9.53 Å². The van der Waals surface area contributed by atoms with Gasteiger partial charge in [-0.3, -0.25) is 10.1 Å². The van der Waals surface area contributed by atoms with Gasteiger partial charge in [-0.25, -0.2) is 0 Å². The van der Waals surface area contributed by atoms with Crippen LogP contribution in [0.5, 0.6) is 0 Å². The molecule has 0 bridgehead atoms. The number of halogens is 1. The molecule has 0 spiro atoms. The lowest BCUT2D eigenvalue weighted by Crippen LogP contribution is -2.36. The lowest BCUT2D eigenvalue weighted by atomic mass is 10.2. The summed E-state index contributed by atoms with van der Waals surface area (Å²) in [5, 5.41) is 5.22. The van der Waals surface area contributed by atoms with E-state index in [-0.39, 0.29) is 12.0 Å². The minimum atomic E-state index is -0.214. The van der Waals surface area contributed by atoms with Gasteiger partial charge in [-0.2, -0.15) is 0 Å². The normalized spacial score (nSPS) is 12.4. The summed E-state index contributed by atoms with van der Waals surface area (Å²) < 4.78 is 6.07. The Labute approximate surface area is 108 Å². The summed E-state index contributed by atoms with van der Waals surface area (Å²) in [4.78, 5) is 12.7. The highest BCUT2D eigenvalue weighted by molar-refractivity contribution is 9.10. The Morgan fingerprint density at radius 2 is 2.38 bits per heavy atom. The molecule has 0 aromatic carbocycles. The first kappa shape index (κ1) is 13.7. The van der Waals surface area contributed by atoms with Crippen molar-refractivity contribution in [3.8, 4) is 0 Å². The summed E-state index contributed by atoms with van der Waals surface area (Å²) in [6.45, 7) is 4.91. The maximum Gasteiger partial charge on any atom is 0.323 e. The lowest BCUT2D eigenvalue weighted by Gasteiger charge is -2.14. The predicted octanol–water partition coefficient (Wildman–Crippen LogP) is 2.94. The third-order valence-electron chi connectivity index (χ3n) is 2.18. The minimum absolute atomic E-state index is 0.169. The average Bonchev–Trinajstić information content (AvgIpc) is 2.66. The van der Waals surface area contributed by atoms with E-state index in [2.05, 4.69) is 21.2 Å². The molecule has 1 aromatic rings. The van der Waals surface area contributed by atoms with Crippen molar-refractivity contribution in [2.45, 2.75) is 32.9 Å². The molecular formula is C11H16BrNO2S. The van der Waals surface area contributed by atoms with Crippen LogP contribution in [0.2, 0.25) is 0 Å². The fraction of sp³-hybridized carbons (Fsp3) is 0.545. The van der Waals surface area contributed by atoms with E-state index in [4.69, 9.17) is 4.74 Å². The number of hydrogen-bond acceptors (Lipinski definition) is 4. The number of hydrogen-bond donors (Lipinski definition) is 1. The molecular weight excluding hydrogens is 290 g/mol. The fourth-order valence-electron chi connectivity index (χ4n) is 1.30. The average molecular weight is 306 g/mol. The van der Waals surface area contributed by atoms with Crippen molar-refractivity contribution >= 4 is 33.2 Å². The van der Waals surface area contributed by atoms with Gasteiger partial charge in [-0.05, 0) is 40.7 Å². The highest BCUT2D eigenvalue weighted by Gasteiger charge is 2.17. The first-order valence-electron chi connectivity index (χ1n) is 5.30. The molecule has 16 heavy (non-hydrogen) atoms. The van der Waals surface area contributed by atoms with Gasteiger partial charge in [0.1, 0.15) is 6.04 Å². The zero-order valence-electron chi connectivity index (χ0n) is 9.46. The first-order chi connectivity index (χ1) is 7.69. The monoisotopic (exact) mass is 305 g/mol. The minimum Gasteiger partial charge on any atom is -0.465 e. The maximum absolute atomic E-state index is 11.5. The third kappa shape index (κ3) is 3.88. The Morgan fingerprint density at radius 3 is 2.88 bits per heavy atom. The second-order valence-electron chi connectivity index (χ2n) is 3.29. The molecule has 0 aliphatic rings. The number of rotatable bonds is 6. The summed E-state index contributed by atoms with van der Waals surface area (Å²) >= 11 is 5.13. The van der Waals surface area contributed by atoms with Crippen molar-refractivity contribution in [1.29, 1.82) is 0 Å². The van der Waals surface area contributed by atoms with Crippen LogP contribution in [0.25, 0.3) is 0 Å². The summed E-state index contributed by atoms with van der Waals surface area (Å²) in [6.07, 6.45) is 0.738. The third-order valence-corrected chi connectivity index (χ3v) is 4.11. The molecule has 1 rings (SSSR count). The molecule has 0 aliphatic carbocycles. The molecule has 1 unspecified atom stereocenters. The van der Waals surface area contributed by atoms with Gasteiger partial charge in [-0.15, -0.1) is 11.3 Å². The van der Waals surface area contributed by atoms with E-state index >= 15 is 0 Å². The molecule has 5 heteroatoms. The fourth-order valence-corrected chi connectivity index (χ4v) is 2.75. The molecule has 90 valence electrons. The molecule has 1 atom stereocenters. The van der Waals surface area contributed by atoms with Gasteiger partial charge in [0.25, 0.3) is 0 Å². The molecule has 0 radical (unpaired) electrons. The number of carbonyl (C=O) groups excluding carboxylic acids is 1. The van der Waals surface area contributed by atoms with Crippen molar-refractivity contribution in [3.63, 3.8) is 0 Å². The largest absolute Gasteiger partial charge is 0.465 e. The van der Waals surface area contributed by atoms with E-state index in [1.807, 2.05) is 25.3 Å². The van der Waals surface area contributed by atoms with Crippen LogP contribution in [0, 0.1) is 0 Å². The van der Waals surface area contributed by atoms with Gasteiger partial charge in [0, 0.05) is 15.9 Å². The first-order valence-corrected chi connectivity index (χ1v) is 6.98. The zero-order valence-corrected chi connectivity index (χ0v) is 11.9. The number of carbonyl (C=O) groups is 1. The molecule has 1 N–H and O–H groups in total.